The van der Waals surface area contributed by atoms with Crippen LogP contribution in [-0.4, -0.2) is 30.6 Å². The molecule has 7 nitrogen and oxygen atoms in total. The number of hydrogen-bond acceptors (Lipinski definition) is 7. The number of ether oxygens (including phenoxy) is 2. The summed E-state index contributed by atoms with van der Waals surface area (Å²) < 4.78 is 15.1. The Labute approximate surface area is 153 Å². The number of aromatic nitrogens is 1. The molecule has 0 spiro atoms. The van der Waals surface area contributed by atoms with Crippen LogP contribution in [0.1, 0.15) is 16.1 Å². The minimum absolute atomic E-state index is 0.300. The van der Waals surface area contributed by atoms with Crippen LogP contribution in [0.3, 0.4) is 0 Å². The van der Waals surface area contributed by atoms with Gasteiger partial charge < -0.3 is 13.9 Å². The average molecular weight is 372 g/mol. The molecule has 0 aliphatic heterocycles. The Bertz CT molecular complexity index is 914. The van der Waals surface area contributed by atoms with Gasteiger partial charge in [-0.3, -0.25) is 10.1 Å². The van der Waals surface area contributed by atoms with Crippen molar-refractivity contribution >= 4 is 28.3 Å². The van der Waals surface area contributed by atoms with Crippen LogP contribution in [0.2, 0.25) is 0 Å². The van der Waals surface area contributed by atoms with Crippen LogP contribution in [0.5, 0.6) is 5.75 Å². The van der Waals surface area contributed by atoms with E-state index in [2.05, 4.69) is 10.3 Å². The molecule has 8 heteroatoms. The summed E-state index contributed by atoms with van der Waals surface area (Å²) in [6.45, 7) is 1.24. The second-order valence-electron chi connectivity index (χ2n) is 5.28. The molecular formula is C18H16N2O5S. The van der Waals surface area contributed by atoms with E-state index in [0.717, 1.165) is 17.0 Å². The number of hydrogen-bond donors (Lipinski definition) is 1. The van der Waals surface area contributed by atoms with Crippen molar-refractivity contribution < 1.29 is 23.5 Å². The fourth-order valence-corrected chi connectivity index (χ4v) is 2.92. The van der Waals surface area contributed by atoms with Crippen molar-refractivity contribution in [1.82, 2.24) is 4.98 Å². The SMILES string of the molecule is COc1ccc(-c2csc(NC(=O)COC(=O)c3ccoc3C)n2)cc1. The summed E-state index contributed by atoms with van der Waals surface area (Å²) in [6, 6.07) is 8.94. The second-order valence-corrected chi connectivity index (χ2v) is 6.14. The highest BCUT2D eigenvalue weighted by Crippen LogP contribution is 2.26. The van der Waals surface area contributed by atoms with E-state index in [-0.39, 0.29) is 0 Å². The number of thiazole rings is 1. The molecule has 1 aromatic carbocycles. The molecular weight excluding hydrogens is 356 g/mol. The largest absolute Gasteiger partial charge is 0.497 e. The first-order valence-electron chi connectivity index (χ1n) is 7.68. The lowest BCUT2D eigenvalue weighted by molar-refractivity contribution is -0.119. The van der Waals surface area contributed by atoms with Crippen molar-refractivity contribution in [2.45, 2.75) is 6.92 Å². The van der Waals surface area contributed by atoms with Gasteiger partial charge in [0.05, 0.1) is 19.1 Å². The number of nitrogens with zero attached hydrogens (tertiary/aromatic N) is 1. The molecule has 1 amide bonds. The molecule has 0 aliphatic rings. The number of aryl methyl sites for hydroxylation is 1. The lowest BCUT2D eigenvalue weighted by Gasteiger charge is -2.04. The Morgan fingerprint density at radius 3 is 2.65 bits per heavy atom. The van der Waals surface area contributed by atoms with Gasteiger partial charge in [-0.25, -0.2) is 9.78 Å². The Morgan fingerprint density at radius 2 is 2.00 bits per heavy atom. The first kappa shape index (κ1) is 17.7. The smallest absolute Gasteiger partial charge is 0.342 e. The molecule has 0 unspecified atom stereocenters. The maximum absolute atomic E-state index is 11.9. The number of methoxy groups -OCH3 is 1. The van der Waals surface area contributed by atoms with Crippen molar-refractivity contribution in [1.29, 1.82) is 0 Å². The summed E-state index contributed by atoms with van der Waals surface area (Å²) in [5, 5.41) is 4.87. The minimum atomic E-state index is -0.607. The maximum atomic E-state index is 11.9. The number of benzene rings is 1. The fraction of sp³-hybridized carbons (Fsp3) is 0.167. The lowest BCUT2D eigenvalue weighted by atomic mass is 10.2. The van der Waals surface area contributed by atoms with Gasteiger partial charge in [-0.15, -0.1) is 11.3 Å². The first-order valence-corrected chi connectivity index (χ1v) is 8.56. The predicted octanol–water partition coefficient (Wildman–Crippen LogP) is 3.52. The predicted molar refractivity (Wildman–Crippen MR) is 96.5 cm³/mol. The highest BCUT2D eigenvalue weighted by Gasteiger charge is 2.15. The number of anilines is 1. The van der Waals surface area contributed by atoms with Crippen molar-refractivity contribution in [3.63, 3.8) is 0 Å². The number of rotatable bonds is 6. The van der Waals surface area contributed by atoms with Gasteiger partial charge in [-0.1, -0.05) is 0 Å². The van der Waals surface area contributed by atoms with Gasteiger partial charge in [0.1, 0.15) is 17.1 Å². The number of amides is 1. The summed E-state index contributed by atoms with van der Waals surface area (Å²) in [4.78, 5) is 28.1. The van der Waals surface area contributed by atoms with E-state index in [1.807, 2.05) is 29.6 Å². The van der Waals surface area contributed by atoms with Crippen LogP contribution in [0.4, 0.5) is 5.13 Å². The van der Waals surface area contributed by atoms with E-state index in [1.54, 1.807) is 14.0 Å². The van der Waals surface area contributed by atoms with Crippen LogP contribution in [0, 0.1) is 6.92 Å². The molecule has 26 heavy (non-hydrogen) atoms. The number of nitrogens with one attached hydrogen (secondary N) is 1. The molecule has 0 saturated carbocycles. The van der Waals surface area contributed by atoms with Crippen LogP contribution < -0.4 is 10.1 Å². The summed E-state index contributed by atoms with van der Waals surface area (Å²) in [6.07, 6.45) is 1.39. The van der Waals surface area contributed by atoms with Crippen LogP contribution >= 0.6 is 11.3 Å². The lowest BCUT2D eigenvalue weighted by Crippen LogP contribution is -2.20. The third-order valence-corrected chi connectivity index (χ3v) is 4.31. The third-order valence-electron chi connectivity index (χ3n) is 3.55. The normalized spacial score (nSPS) is 10.4. The monoisotopic (exact) mass is 372 g/mol. The van der Waals surface area contributed by atoms with E-state index in [0.29, 0.717) is 16.5 Å². The van der Waals surface area contributed by atoms with Gasteiger partial charge in [0.2, 0.25) is 0 Å². The molecule has 0 atom stereocenters. The van der Waals surface area contributed by atoms with E-state index in [1.165, 1.54) is 23.7 Å². The number of carbonyl (C=O) groups is 2. The van der Waals surface area contributed by atoms with E-state index in [4.69, 9.17) is 13.9 Å². The summed E-state index contributed by atoms with van der Waals surface area (Å²) in [5.74, 6) is 0.131. The van der Waals surface area contributed by atoms with Gasteiger partial charge >= 0.3 is 5.97 Å². The molecule has 2 heterocycles. The molecule has 134 valence electrons. The molecule has 3 aromatic rings. The van der Waals surface area contributed by atoms with E-state index < -0.39 is 18.5 Å². The minimum Gasteiger partial charge on any atom is -0.497 e. The molecule has 3 rings (SSSR count). The van der Waals surface area contributed by atoms with E-state index in [9.17, 15) is 9.59 Å². The van der Waals surface area contributed by atoms with Crippen molar-refractivity contribution in [3.05, 3.63) is 53.3 Å². The van der Waals surface area contributed by atoms with Crippen molar-refractivity contribution in [2.75, 3.05) is 19.0 Å². The Balaban J connectivity index is 1.55. The summed E-state index contributed by atoms with van der Waals surface area (Å²) >= 11 is 1.29. The first-order chi connectivity index (χ1) is 12.6. The van der Waals surface area contributed by atoms with Crippen LogP contribution in [0.25, 0.3) is 11.3 Å². The highest BCUT2D eigenvalue weighted by molar-refractivity contribution is 7.14. The molecule has 0 fully saturated rings. The Kier molecular flexibility index (Phi) is 5.33. The summed E-state index contributed by atoms with van der Waals surface area (Å²) in [5.41, 5.74) is 1.94. The molecule has 0 radical (unpaired) electrons. The number of esters is 1. The molecule has 0 bridgehead atoms. The summed E-state index contributed by atoms with van der Waals surface area (Å²) in [7, 11) is 1.60. The Morgan fingerprint density at radius 1 is 1.23 bits per heavy atom. The standard InChI is InChI=1S/C18H16N2O5S/c1-11-14(7-8-24-11)17(22)25-9-16(21)20-18-19-15(10-26-18)12-3-5-13(23-2)6-4-12/h3-8,10H,9H2,1-2H3,(H,19,20,21). The molecule has 1 N–H and O–H groups in total. The van der Waals surface area contributed by atoms with Crippen LogP contribution in [0.15, 0.2) is 46.4 Å². The van der Waals surface area contributed by atoms with Gasteiger partial charge in [0, 0.05) is 10.9 Å². The molecule has 2 aromatic heterocycles. The highest BCUT2D eigenvalue weighted by atomic mass is 32.1. The van der Waals surface area contributed by atoms with Crippen molar-refractivity contribution in [2.24, 2.45) is 0 Å². The van der Waals surface area contributed by atoms with E-state index >= 15 is 0 Å². The third kappa shape index (κ3) is 4.09. The van der Waals surface area contributed by atoms with Gasteiger partial charge in [-0.2, -0.15) is 0 Å². The van der Waals surface area contributed by atoms with Gasteiger partial charge in [0.25, 0.3) is 5.91 Å². The zero-order valence-electron chi connectivity index (χ0n) is 14.1. The van der Waals surface area contributed by atoms with Gasteiger partial charge in [0.15, 0.2) is 11.7 Å². The van der Waals surface area contributed by atoms with Crippen LogP contribution in [-0.2, 0) is 9.53 Å². The quantitative estimate of drug-likeness (QED) is 0.666. The molecule has 0 aliphatic carbocycles. The average Bonchev–Trinajstić information content (AvgIpc) is 3.29. The zero-order chi connectivity index (χ0) is 18.5. The van der Waals surface area contributed by atoms with Crippen molar-refractivity contribution in [3.8, 4) is 17.0 Å². The topological polar surface area (TPSA) is 90.7 Å². The zero-order valence-corrected chi connectivity index (χ0v) is 15.0. The Hall–Kier alpha value is -3.13. The number of carbonyl (C=O) groups excluding carboxylic acids is 2. The fourth-order valence-electron chi connectivity index (χ4n) is 2.19. The van der Waals surface area contributed by atoms with Gasteiger partial charge in [-0.05, 0) is 37.3 Å². The second kappa shape index (κ2) is 7.83. The molecule has 0 saturated heterocycles. The maximum Gasteiger partial charge on any atom is 0.342 e. The number of furan rings is 1.